The first kappa shape index (κ1) is 31.8. The lowest BCUT2D eigenvalue weighted by Gasteiger charge is -2.49. The fourth-order valence-electron chi connectivity index (χ4n) is 8.73. The van der Waals surface area contributed by atoms with Crippen LogP contribution in [-0.4, -0.2) is 34.5 Å². The Morgan fingerprint density at radius 3 is 2.16 bits per heavy atom. The van der Waals surface area contributed by atoms with E-state index in [2.05, 4.69) is 0 Å². The number of nitrogens with zero attached hydrogens (tertiary/aromatic N) is 2. The molecule has 2 heterocycles. The zero-order valence-electron chi connectivity index (χ0n) is 26.8. The number of ketones is 1. The number of halogens is 2. The minimum atomic E-state index is -1.38. The number of allylic oxidation sites excluding steroid dienone is 2. The number of phenolic OH excluding ortho intramolecular Hbond substituents is 1. The molecule has 0 aromatic heterocycles. The topological polar surface area (TPSA) is 112 Å². The lowest BCUT2D eigenvalue weighted by Crippen LogP contribution is -2.48. The molecule has 0 unspecified atom stereocenters. The van der Waals surface area contributed by atoms with Crippen molar-refractivity contribution < 1.29 is 33.5 Å². The average molecular weight is 689 g/mol. The zero-order valence-corrected chi connectivity index (χ0v) is 27.5. The molecule has 4 amide bonds. The molecule has 4 aliphatic rings. The van der Waals surface area contributed by atoms with Gasteiger partial charge in [-0.2, -0.15) is 0 Å². The van der Waals surface area contributed by atoms with Gasteiger partial charge in [-0.05, 0) is 74.2 Å². The van der Waals surface area contributed by atoms with Gasteiger partial charge in [0, 0.05) is 22.6 Å². The number of rotatable bonds is 5. The Kier molecular flexibility index (Phi) is 7.38. The molecule has 10 heteroatoms. The van der Waals surface area contributed by atoms with E-state index in [9.17, 15) is 33.5 Å². The molecule has 6 atom stereocenters. The summed E-state index contributed by atoms with van der Waals surface area (Å²) in [6, 6.07) is 25.4. The van der Waals surface area contributed by atoms with E-state index in [1.165, 1.54) is 23.1 Å². The number of carbonyl (C=O) groups excluding carboxylic acids is 5. The summed E-state index contributed by atoms with van der Waals surface area (Å²) in [7, 11) is 0. The maximum absolute atomic E-state index is 14.5. The molecule has 4 aromatic carbocycles. The van der Waals surface area contributed by atoms with Crippen molar-refractivity contribution in [1.82, 2.24) is 0 Å². The number of imide groups is 2. The maximum atomic E-state index is 14.5. The summed E-state index contributed by atoms with van der Waals surface area (Å²) in [6.45, 7) is 1.70. The number of benzene rings is 4. The Labute approximate surface area is 291 Å². The average Bonchev–Trinajstić information content (AvgIpc) is 3.49. The Bertz CT molecular complexity index is 2170. The van der Waals surface area contributed by atoms with E-state index in [0.717, 1.165) is 16.5 Å². The molecule has 2 aliphatic carbocycles. The van der Waals surface area contributed by atoms with Crippen LogP contribution in [0.1, 0.15) is 47.2 Å². The Morgan fingerprint density at radius 2 is 1.46 bits per heavy atom. The number of amides is 4. The fourth-order valence-corrected chi connectivity index (χ4v) is 8.91. The minimum Gasteiger partial charge on any atom is -0.508 e. The van der Waals surface area contributed by atoms with Crippen LogP contribution in [0.5, 0.6) is 5.75 Å². The number of hydrogen-bond donors (Lipinski definition) is 1. The number of hydrogen-bond acceptors (Lipinski definition) is 6. The normalized spacial score (nSPS) is 27.2. The van der Waals surface area contributed by atoms with Crippen molar-refractivity contribution in [1.29, 1.82) is 0 Å². The largest absolute Gasteiger partial charge is 0.508 e. The van der Waals surface area contributed by atoms with E-state index in [1.807, 2.05) is 12.1 Å². The van der Waals surface area contributed by atoms with Crippen LogP contribution in [0.3, 0.4) is 0 Å². The monoisotopic (exact) mass is 688 g/mol. The van der Waals surface area contributed by atoms with Gasteiger partial charge in [-0.25, -0.2) is 9.29 Å². The maximum Gasteiger partial charge on any atom is 0.241 e. The first-order chi connectivity index (χ1) is 24.0. The third-order valence-corrected chi connectivity index (χ3v) is 11.4. The van der Waals surface area contributed by atoms with Gasteiger partial charge in [0.1, 0.15) is 11.6 Å². The second-order valence-electron chi connectivity index (χ2n) is 13.6. The third-order valence-electron chi connectivity index (χ3n) is 11.1. The van der Waals surface area contributed by atoms with Crippen molar-refractivity contribution in [3.63, 3.8) is 0 Å². The molecule has 1 saturated carbocycles. The van der Waals surface area contributed by atoms with Gasteiger partial charge >= 0.3 is 0 Å². The van der Waals surface area contributed by atoms with E-state index in [1.54, 1.807) is 73.7 Å². The predicted octanol–water partition coefficient (Wildman–Crippen LogP) is 6.85. The van der Waals surface area contributed by atoms with Crippen LogP contribution < -0.4 is 9.80 Å². The van der Waals surface area contributed by atoms with Crippen LogP contribution >= 0.6 is 11.6 Å². The molecular weight excluding hydrogens is 659 g/mol. The van der Waals surface area contributed by atoms with Gasteiger partial charge in [0.2, 0.25) is 23.6 Å². The van der Waals surface area contributed by atoms with E-state index >= 15 is 0 Å². The molecule has 8 nitrogen and oxygen atoms in total. The molecule has 0 radical (unpaired) electrons. The highest BCUT2D eigenvalue weighted by molar-refractivity contribution is 6.32. The van der Waals surface area contributed by atoms with Crippen molar-refractivity contribution in [2.24, 2.45) is 29.1 Å². The van der Waals surface area contributed by atoms with Gasteiger partial charge in [-0.15, -0.1) is 0 Å². The van der Waals surface area contributed by atoms with E-state index < -0.39 is 58.5 Å². The standard InChI is InChI=1S/C40H30ClFN2O6/c1-40-29(37(48)44(39(40)50)24-15-18-31(42)30(41)19-24)20-28-25(34(40)26-9-5-6-10-32(26)45)16-17-27-33(28)38(49)43(36(27)47)23-13-11-22(12-14-23)35(46)21-7-3-2-4-8-21/h2-16,18-19,27-29,33-34,45H,17,20H2,1H3/t27-,28+,29-,33-,34+,40+/m0/s1. The summed E-state index contributed by atoms with van der Waals surface area (Å²) in [5.74, 6) is -6.62. The molecule has 3 fully saturated rings. The summed E-state index contributed by atoms with van der Waals surface area (Å²) in [6.07, 6.45) is 2.24. The highest BCUT2D eigenvalue weighted by Crippen LogP contribution is 2.64. The second kappa shape index (κ2) is 11.6. The molecule has 2 saturated heterocycles. The molecule has 250 valence electrons. The van der Waals surface area contributed by atoms with Crippen LogP contribution in [0.15, 0.2) is 109 Å². The van der Waals surface area contributed by atoms with Crippen molar-refractivity contribution in [2.75, 3.05) is 9.80 Å². The molecule has 2 aliphatic heterocycles. The van der Waals surface area contributed by atoms with Crippen molar-refractivity contribution in [2.45, 2.75) is 25.7 Å². The minimum absolute atomic E-state index is 0.0646. The smallest absolute Gasteiger partial charge is 0.241 e. The van der Waals surface area contributed by atoms with Gasteiger partial charge in [0.05, 0.1) is 39.6 Å². The van der Waals surface area contributed by atoms with Crippen molar-refractivity contribution >= 4 is 52.4 Å². The number of aromatic hydroxyl groups is 1. The van der Waals surface area contributed by atoms with Crippen LogP contribution in [0, 0.1) is 34.9 Å². The number of carbonyl (C=O) groups is 5. The molecule has 8 rings (SSSR count). The van der Waals surface area contributed by atoms with Crippen molar-refractivity contribution in [3.05, 3.63) is 136 Å². The number of fused-ring (bicyclic) bond motifs is 4. The van der Waals surface area contributed by atoms with Crippen LogP contribution in [0.25, 0.3) is 0 Å². The Morgan fingerprint density at radius 1 is 0.800 bits per heavy atom. The molecule has 4 aromatic rings. The lowest BCUT2D eigenvalue weighted by atomic mass is 9.51. The summed E-state index contributed by atoms with van der Waals surface area (Å²) in [5.41, 5.74) is 1.17. The highest BCUT2D eigenvalue weighted by Gasteiger charge is 2.68. The van der Waals surface area contributed by atoms with Crippen LogP contribution in [-0.2, 0) is 19.2 Å². The highest BCUT2D eigenvalue weighted by atomic mass is 35.5. The van der Waals surface area contributed by atoms with E-state index in [-0.39, 0.29) is 41.0 Å². The number of anilines is 2. The van der Waals surface area contributed by atoms with Gasteiger partial charge in [0.25, 0.3) is 0 Å². The molecule has 50 heavy (non-hydrogen) atoms. The third kappa shape index (κ3) is 4.53. The van der Waals surface area contributed by atoms with E-state index in [4.69, 9.17) is 11.6 Å². The molecule has 0 spiro atoms. The summed E-state index contributed by atoms with van der Waals surface area (Å²) in [5, 5.41) is 10.9. The lowest BCUT2D eigenvalue weighted by molar-refractivity contribution is -0.131. The summed E-state index contributed by atoms with van der Waals surface area (Å²) in [4.78, 5) is 72.3. The quantitative estimate of drug-likeness (QED) is 0.139. The summed E-state index contributed by atoms with van der Waals surface area (Å²) >= 11 is 6.07. The first-order valence-electron chi connectivity index (χ1n) is 16.4. The van der Waals surface area contributed by atoms with Crippen molar-refractivity contribution in [3.8, 4) is 5.75 Å². The SMILES string of the molecule is C[C@@]12C(=O)N(c3ccc(F)c(Cl)c3)C(=O)[C@@H]1C[C@@H]1C(=CC[C@@H]3C(=O)N(c4ccc(C(=O)c5ccccc5)cc4)C(=O)[C@@H]31)[C@@H]2c1ccccc1O. The molecule has 1 N–H and O–H groups in total. The van der Waals surface area contributed by atoms with Gasteiger partial charge in [0.15, 0.2) is 5.78 Å². The van der Waals surface area contributed by atoms with Gasteiger partial charge in [-0.3, -0.25) is 28.9 Å². The first-order valence-corrected chi connectivity index (χ1v) is 16.8. The number of para-hydroxylation sites is 1. The predicted molar refractivity (Wildman–Crippen MR) is 183 cm³/mol. The Balaban J connectivity index is 1.18. The zero-order chi connectivity index (χ0) is 35.1. The van der Waals surface area contributed by atoms with Gasteiger partial charge < -0.3 is 5.11 Å². The van der Waals surface area contributed by atoms with E-state index in [0.29, 0.717) is 22.4 Å². The number of phenols is 1. The summed E-state index contributed by atoms with van der Waals surface area (Å²) < 4.78 is 14.1. The second-order valence-corrected chi connectivity index (χ2v) is 14.0. The van der Waals surface area contributed by atoms with Crippen LogP contribution in [0.2, 0.25) is 5.02 Å². The Hall–Kier alpha value is -5.41. The fraction of sp³-hybridized carbons (Fsp3) is 0.225. The van der Waals surface area contributed by atoms with Gasteiger partial charge in [-0.1, -0.05) is 71.8 Å². The molecular formula is C40H30ClFN2O6. The van der Waals surface area contributed by atoms with Crippen LogP contribution in [0.4, 0.5) is 15.8 Å². The molecule has 0 bridgehead atoms.